The van der Waals surface area contributed by atoms with Gasteiger partial charge in [-0.3, -0.25) is 4.98 Å². The Labute approximate surface area is 87.3 Å². The summed E-state index contributed by atoms with van der Waals surface area (Å²) < 4.78 is 0. The Kier molecular flexibility index (Phi) is 2.25. The molecule has 0 spiro atoms. The monoisotopic (exact) mass is 207 g/mol. The van der Waals surface area contributed by atoms with Crippen LogP contribution < -0.4 is 4.90 Å². The van der Waals surface area contributed by atoms with E-state index in [0.29, 0.717) is 5.02 Å². The molecule has 0 aromatic carbocycles. The van der Waals surface area contributed by atoms with Crippen LogP contribution in [0.25, 0.3) is 10.9 Å². The second-order valence-electron chi connectivity index (χ2n) is 3.22. The van der Waals surface area contributed by atoms with Crippen molar-refractivity contribution >= 4 is 28.3 Å². The normalized spacial score (nSPS) is 10.5. The predicted octanol–water partition coefficient (Wildman–Crippen LogP) is 2.35. The zero-order valence-corrected chi connectivity index (χ0v) is 8.78. The van der Waals surface area contributed by atoms with Crippen molar-refractivity contribution in [1.29, 1.82) is 0 Å². The molecule has 2 heterocycles. The maximum absolute atomic E-state index is 6.10. The SMILES string of the molecule is CN(C)c1nccc2nccc(Cl)c12. The summed E-state index contributed by atoms with van der Waals surface area (Å²) in [7, 11) is 3.87. The molecule has 0 saturated heterocycles. The average molecular weight is 208 g/mol. The van der Waals surface area contributed by atoms with E-state index in [1.807, 2.05) is 25.1 Å². The van der Waals surface area contributed by atoms with Crippen LogP contribution in [0.4, 0.5) is 5.82 Å². The molecule has 0 saturated carbocycles. The smallest absolute Gasteiger partial charge is 0.138 e. The number of anilines is 1. The van der Waals surface area contributed by atoms with E-state index in [4.69, 9.17) is 11.6 Å². The fourth-order valence-electron chi connectivity index (χ4n) is 1.38. The molecule has 0 N–H and O–H groups in total. The van der Waals surface area contributed by atoms with Gasteiger partial charge in [0.1, 0.15) is 5.82 Å². The molecule has 0 atom stereocenters. The summed E-state index contributed by atoms with van der Waals surface area (Å²) in [5.74, 6) is 0.848. The van der Waals surface area contributed by atoms with Gasteiger partial charge in [0.15, 0.2) is 0 Å². The van der Waals surface area contributed by atoms with Crippen LogP contribution in [0.1, 0.15) is 0 Å². The molecule has 2 rings (SSSR count). The summed E-state index contributed by atoms with van der Waals surface area (Å²) >= 11 is 6.10. The fourth-order valence-corrected chi connectivity index (χ4v) is 1.62. The van der Waals surface area contributed by atoms with E-state index in [9.17, 15) is 0 Å². The van der Waals surface area contributed by atoms with Crippen LogP contribution in [0, 0.1) is 0 Å². The summed E-state index contributed by atoms with van der Waals surface area (Å²) in [6, 6.07) is 3.63. The molecule has 3 nitrogen and oxygen atoms in total. The second kappa shape index (κ2) is 3.42. The van der Waals surface area contributed by atoms with E-state index < -0.39 is 0 Å². The number of rotatable bonds is 1. The average Bonchev–Trinajstić information content (AvgIpc) is 2.17. The Balaban J connectivity index is 2.84. The third-order valence-corrected chi connectivity index (χ3v) is 2.32. The fraction of sp³-hybridized carbons (Fsp3) is 0.200. The lowest BCUT2D eigenvalue weighted by Crippen LogP contribution is -2.11. The van der Waals surface area contributed by atoms with Gasteiger partial charge in [0.05, 0.1) is 15.9 Å². The van der Waals surface area contributed by atoms with Gasteiger partial charge in [0, 0.05) is 26.5 Å². The summed E-state index contributed by atoms with van der Waals surface area (Å²) in [6.45, 7) is 0. The van der Waals surface area contributed by atoms with E-state index >= 15 is 0 Å². The summed E-state index contributed by atoms with van der Waals surface area (Å²) in [6.07, 6.45) is 3.44. The minimum Gasteiger partial charge on any atom is -0.362 e. The van der Waals surface area contributed by atoms with Crippen LogP contribution in [0.2, 0.25) is 5.02 Å². The molecule has 0 aliphatic carbocycles. The molecular weight excluding hydrogens is 198 g/mol. The quantitative estimate of drug-likeness (QED) is 0.719. The molecule has 2 aromatic rings. The molecule has 0 aliphatic heterocycles. The molecule has 72 valence electrons. The molecule has 4 heteroatoms. The van der Waals surface area contributed by atoms with Crippen molar-refractivity contribution in [2.24, 2.45) is 0 Å². The van der Waals surface area contributed by atoms with Crippen molar-refractivity contribution in [3.63, 3.8) is 0 Å². The molecular formula is C10H10ClN3. The van der Waals surface area contributed by atoms with Gasteiger partial charge in [-0.1, -0.05) is 11.6 Å². The predicted molar refractivity (Wildman–Crippen MR) is 58.9 cm³/mol. The van der Waals surface area contributed by atoms with Crippen molar-refractivity contribution in [3.8, 4) is 0 Å². The molecule has 0 fully saturated rings. The number of hydrogen-bond donors (Lipinski definition) is 0. The highest BCUT2D eigenvalue weighted by Gasteiger charge is 2.07. The number of hydrogen-bond acceptors (Lipinski definition) is 3. The number of halogens is 1. The minimum absolute atomic E-state index is 0.687. The Morgan fingerprint density at radius 3 is 2.57 bits per heavy atom. The van der Waals surface area contributed by atoms with Gasteiger partial charge in [-0.2, -0.15) is 0 Å². The third kappa shape index (κ3) is 1.40. The van der Waals surface area contributed by atoms with E-state index in [1.54, 1.807) is 18.5 Å². The lowest BCUT2D eigenvalue weighted by atomic mass is 10.2. The van der Waals surface area contributed by atoms with Gasteiger partial charge in [0.25, 0.3) is 0 Å². The van der Waals surface area contributed by atoms with Gasteiger partial charge in [-0.25, -0.2) is 4.98 Å². The van der Waals surface area contributed by atoms with Crippen molar-refractivity contribution in [2.75, 3.05) is 19.0 Å². The molecule has 0 aliphatic rings. The topological polar surface area (TPSA) is 29.0 Å². The zero-order chi connectivity index (χ0) is 10.1. The first kappa shape index (κ1) is 9.21. The highest BCUT2D eigenvalue weighted by Crippen LogP contribution is 2.28. The number of nitrogens with zero attached hydrogens (tertiary/aromatic N) is 3. The molecule has 0 unspecified atom stereocenters. The summed E-state index contributed by atoms with van der Waals surface area (Å²) in [5.41, 5.74) is 0.871. The van der Waals surface area contributed by atoms with Gasteiger partial charge in [0.2, 0.25) is 0 Å². The van der Waals surface area contributed by atoms with E-state index in [2.05, 4.69) is 9.97 Å². The van der Waals surface area contributed by atoms with Gasteiger partial charge in [-0.15, -0.1) is 0 Å². The summed E-state index contributed by atoms with van der Waals surface area (Å²) in [5, 5.41) is 1.59. The van der Waals surface area contributed by atoms with E-state index in [1.165, 1.54) is 0 Å². The Bertz CT molecular complexity index is 463. The highest BCUT2D eigenvalue weighted by atomic mass is 35.5. The first-order valence-corrected chi connectivity index (χ1v) is 4.64. The van der Waals surface area contributed by atoms with Crippen molar-refractivity contribution in [1.82, 2.24) is 9.97 Å². The Hall–Kier alpha value is -1.35. The van der Waals surface area contributed by atoms with Crippen molar-refractivity contribution < 1.29 is 0 Å². The molecule has 0 radical (unpaired) electrons. The highest BCUT2D eigenvalue weighted by molar-refractivity contribution is 6.36. The standard InChI is InChI=1S/C10H10ClN3/c1-14(2)10-9-7(11)3-5-12-8(9)4-6-13-10/h3-6H,1-2H3. The molecule has 14 heavy (non-hydrogen) atoms. The zero-order valence-electron chi connectivity index (χ0n) is 8.03. The van der Waals surface area contributed by atoms with Gasteiger partial charge in [-0.05, 0) is 12.1 Å². The molecule has 0 bridgehead atoms. The van der Waals surface area contributed by atoms with Crippen molar-refractivity contribution in [2.45, 2.75) is 0 Å². The van der Waals surface area contributed by atoms with Crippen LogP contribution in [0.5, 0.6) is 0 Å². The number of pyridine rings is 2. The first-order chi connectivity index (χ1) is 6.70. The van der Waals surface area contributed by atoms with E-state index in [-0.39, 0.29) is 0 Å². The number of aromatic nitrogens is 2. The number of fused-ring (bicyclic) bond motifs is 1. The van der Waals surface area contributed by atoms with E-state index in [0.717, 1.165) is 16.7 Å². The maximum atomic E-state index is 6.10. The molecule has 0 amide bonds. The van der Waals surface area contributed by atoms with Crippen molar-refractivity contribution in [3.05, 3.63) is 29.5 Å². The van der Waals surface area contributed by atoms with Crippen LogP contribution in [-0.2, 0) is 0 Å². The lowest BCUT2D eigenvalue weighted by molar-refractivity contribution is 1.08. The lowest BCUT2D eigenvalue weighted by Gasteiger charge is -2.13. The Morgan fingerprint density at radius 2 is 1.86 bits per heavy atom. The molecule has 2 aromatic heterocycles. The largest absolute Gasteiger partial charge is 0.362 e. The van der Waals surface area contributed by atoms with Crippen LogP contribution >= 0.6 is 11.6 Å². The maximum Gasteiger partial charge on any atom is 0.138 e. The Morgan fingerprint density at radius 1 is 1.14 bits per heavy atom. The van der Waals surface area contributed by atoms with Gasteiger partial charge < -0.3 is 4.90 Å². The van der Waals surface area contributed by atoms with Crippen LogP contribution in [-0.4, -0.2) is 24.1 Å². The van der Waals surface area contributed by atoms with Crippen LogP contribution in [0.3, 0.4) is 0 Å². The minimum atomic E-state index is 0.687. The van der Waals surface area contributed by atoms with Gasteiger partial charge >= 0.3 is 0 Å². The van der Waals surface area contributed by atoms with Crippen LogP contribution in [0.15, 0.2) is 24.5 Å². The second-order valence-corrected chi connectivity index (χ2v) is 3.62. The third-order valence-electron chi connectivity index (χ3n) is 2.01. The summed E-state index contributed by atoms with van der Waals surface area (Å²) in [4.78, 5) is 10.4. The first-order valence-electron chi connectivity index (χ1n) is 4.26.